The predicted molar refractivity (Wildman–Crippen MR) is 78.3 cm³/mol. The van der Waals surface area contributed by atoms with Crippen molar-refractivity contribution in [1.29, 1.82) is 0 Å². The van der Waals surface area contributed by atoms with Crippen molar-refractivity contribution in [3.8, 4) is 0 Å². The Morgan fingerprint density at radius 1 is 1.17 bits per heavy atom. The van der Waals surface area contributed by atoms with Crippen LogP contribution in [0.25, 0.3) is 0 Å². The number of aryl methyl sites for hydroxylation is 2. The van der Waals surface area contributed by atoms with E-state index in [0.29, 0.717) is 19.1 Å². The zero-order valence-corrected chi connectivity index (χ0v) is 12.6. The molecule has 2 N–H and O–H groups in total. The molecule has 0 amide bonds. The van der Waals surface area contributed by atoms with Crippen LogP contribution in [0.15, 0.2) is 12.1 Å². The molecule has 0 saturated carbocycles. The first-order valence-corrected chi connectivity index (χ1v) is 6.62. The minimum Gasteiger partial charge on any atom is -0.384 e. The number of hydrogen-bond donors (Lipinski definition) is 1. The van der Waals surface area contributed by atoms with Crippen molar-refractivity contribution < 1.29 is 4.74 Å². The molecule has 1 unspecified atom stereocenters. The van der Waals surface area contributed by atoms with Crippen molar-refractivity contribution in [3.05, 3.63) is 34.4 Å². The lowest BCUT2D eigenvalue weighted by atomic mass is 9.81. The molecule has 0 spiro atoms. The maximum Gasteiger partial charge on any atom is 0.0543 e. The molecule has 0 heterocycles. The maximum absolute atomic E-state index is 5.87. The molecule has 0 aromatic heterocycles. The first-order valence-electron chi connectivity index (χ1n) is 6.62. The lowest BCUT2D eigenvalue weighted by Crippen LogP contribution is -2.20. The van der Waals surface area contributed by atoms with Gasteiger partial charge < -0.3 is 10.5 Å². The van der Waals surface area contributed by atoms with Crippen LogP contribution in [0.2, 0.25) is 0 Å². The fourth-order valence-electron chi connectivity index (χ4n) is 2.52. The third kappa shape index (κ3) is 3.33. The normalized spacial score (nSPS) is 13.7. The van der Waals surface area contributed by atoms with Gasteiger partial charge in [0.25, 0.3) is 0 Å². The highest BCUT2D eigenvalue weighted by Crippen LogP contribution is 2.30. The Hall–Kier alpha value is -0.860. The molecule has 0 radical (unpaired) electrons. The molecule has 0 fully saturated rings. The van der Waals surface area contributed by atoms with E-state index in [1.54, 1.807) is 7.11 Å². The molecular weight excluding hydrogens is 222 g/mol. The average Bonchev–Trinajstić information content (AvgIpc) is 2.25. The second kappa shape index (κ2) is 5.85. The number of ether oxygens (including phenoxy) is 1. The van der Waals surface area contributed by atoms with Crippen molar-refractivity contribution in [2.24, 2.45) is 5.73 Å². The van der Waals surface area contributed by atoms with E-state index in [0.717, 1.165) is 0 Å². The Labute approximate surface area is 112 Å². The van der Waals surface area contributed by atoms with Gasteiger partial charge >= 0.3 is 0 Å². The molecule has 1 aromatic rings. The maximum atomic E-state index is 5.87. The molecule has 0 aliphatic heterocycles. The molecule has 18 heavy (non-hydrogen) atoms. The SMILES string of the molecule is COCC(CN)c1c(C)cc(C(C)(C)C)cc1C. The van der Waals surface area contributed by atoms with E-state index >= 15 is 0 Å². The third-order valence-electron chi connectivity index (χ3n) is 3.52. The smallest absolute Gasteiger partial charge is 0.0543 e. The molecule has 102 valence electrons. The number of methoxy groups -OCH3 is 1. The van der Waals surface area contributed by atoms with Crippen LogP contribution >= 0.6 is 0 Å². The van der Waals surface area contributed by atoms with Crippen LogP contribution in [0.3, 0.4) is 0 Å². The fraction of sp³-hybridized carbons (Fsp3) is 0.625. The summed E-state index contributed by atoms with van der Waals surface area (Å²) in [6.07, 6.45) is 0. The third-order valence-corrected chi connectivity index (χ3v) is 3.52. The lowest BCUT2D eigenvalue weighted by molar-refractivity contribution is 0.180. The lowest BCUT2D eigenvalue weighted by Gasteiger charge is -2.25. The molecule has 1 rings (SSSR count). The monoisotopic (exact) mass is 249 g/mol. The first kappa shape index (κ1) is 15.2. The predicted octanol–water partition coefficient (Wildman–Crippen LogP) is 3.29. The van der Waals surface area contributed by atoms with Crippen LogP contribution < -0.4 is 5.73 Å². The van der Waals surface area contributed by atoms with E-state index in [4.69, 9.17) is 10.5 Å². The summed E-state index contributed by atoms with van der Waals surface area (Å²) in [4.78, 5) is 0. The molecule has 2 heteroatoms. The summed E-state index contributed by atoms with van der Waals surface area (Å²) in [7, 11) is 1.73. The number of benzene rings is 1. The summed E-state index contributed by atoms with van der Waals surface area (Å²) in [5.74, 6) is 0.295. The highest BCUT2D eigenvalue weighted by molar-refractivity contribution is 5.42. The van der Waals surface area contributed by atoms with Crippen LogP contribution in [-0.4, -0.2) is 20.3 Å². The summed E-state index contributed by atoms with van der Waals surface area (Å²) >= 11 is 0. The second-order valence-electron chi connectivity index (χ2n) is 6.16. The largest absolute Gasteiger partial charge is 0.384 e. The summed E-state index contributed by atoms with van der Waals surface area (Å²) in [6, 6.07) is 4.58. The summed E-state index contributed by atoms with van der Waals surface area (Å²) < 4.78 is 5.28. The summed E-state index contributed by atoms with van der Waals surface area (Å²) in [5, 5.41) is 0. The van der Waals surface area contributed by atoms with Crippen LogP contribution in [0, 0.1) is 13.8 Å². The molecule has 0 aliphatic carbocycles. The van der Waals surface area contributed by atoms with Gasteiger partial charge in [-0.1, -0.05) is 32.9 Å². The van der Waals surface area contributed by atoms with Crippen LogP contribution in [-0.2, 0) is 10.2 Å². The van der Waals surface area contributed by atoms with E-state index in [1.165, 1.54) is 22.3 Å². The summed E-state index contributed by atoms with van der Waals surface area (Å²) in [5.41, 5.74) is 11.5. The van der Waals surface area contributed by atoms with E-state index in [-0.39, 0.29) is 5.41 Å². The van der Waals surface area contributed by atoms with Crippen molar-refractivity contribution in [2.75, 3.05) is 20.3 Å². The van der Waals surface area contributed by atoms with Gasteiger partial charge in [0.1, 0.15) is 0 Å². The van der Waals surface area contributed by atoms with Gasteiger partial charge in [-0.15, -0.1) is 0 Å². The van der Waals surface area contributed by atoms with Crippen molar-refractivity contribution in [1.82, 2.24) is 0 Å². The highest BCUT2D eigenvalue weighted by atomic mass is 16.5. The van der Waals surface area contributed by atoms with Gasteiger partial charge in [0.05, 0.1) is 6.61 Å². The number of rotatable bonds is 4. The van der Waals surface area contributed by atoms with Crippen molar-refractivity contribution in [2.45, 2.75) is 46.0 Å². The van der Waals surface area contributed by atoms with Crippen LogP contribution in [0.1, 0.15) is 48.9 Å². The zero-order chi connectivity index (χ0) is 13.9. The Kier molecular flexibility index (Phi) is 4.94. The van der Waals surface area contributed by atoms with E-state index in [1.807, 2.05) is 0 Å². The quantitative estimate of drug-likeness (QED) is 0.888. The number of hydrogen-bond acceptors (Lipinski definition) is 2. The fourth-order valence-corrected chi connectivity index (χ4v) is 2.52. The zero-order valence-electron chi connectivity index (χ0n) is 12.6. The van der Waals surface area contributed by atoms with Crippen LogP contribution in [0.4, 0.5) is 0 Å². The van der Waals surface area contributed by atoms with Gasteiger partial charge in [-0.3, -0.25) is 0 Å². The first-order chi connectivity index (χ1) is 8.31. The molecular formula is C16H27NO. The van der Waals surface area contributed by atoms with Gasteiger partial charge in [-0.05, 0) is 41.5 Å². The molecule has 0 bridgehead atoms. The Bertz CT molecular complexity index is 381. The second-order valence-corrected chi connectivity index (χ2v) is 6.16. The van der Waals surface area contributed by atoms with Gasteiger partial charge in [0, 0.05) is 19.6 Å². The number of nitrogens with two attached hydrogens (primary N) is 1. The average molecular weight is 249 g/mol. The minimum absolute atomic E-state index is 0.188. The summed E-state index contributed by atoms with van der Waals surface area (Å²) in [6.45, 7) is 12.4. The van der Waals surface area contributed by atoms with Gasteiger partial charge in [-0.2, -0.15) is 0 Å². The molecule has 0 saturated heterocycles. The van der Waals surface area contributed by atoms with Gasteiger partial charge in [0.15, 0.2) is 0 Å². The van der Waals surface area contributed by atoms with Crippen molar-refractivity contribution >= 4 is 0 Å². The highest BCUT2D eigenvalue weighted by Gasteiger charge is 2.19. The topological polar surface area (TPSA) is 35.2 Å². The molecule has 1 atom stereocenters. The van der Waals surface area contributed by atoms with E-state index in [9.17, 15) is 0 Å². The Balaban J connectivity index is 3.23. The molecule has 2 nitrogen and oxygen atoms in total. The standard InChI is InChI=1S/C16H27NO/c1-11-7-14(16(3,4)5)8-12(2)15(11)13(9-17)10-18-6/h7-8,13H,9-10,17H2,1-6H3. The molecule has 1 aromatic carbocycles. The Morgan fingerprint density at radius 3 is 2.00 bits per heavy atom. The van der Waals surface area contributed by atoms with Gasteiger partial charge in [-0.25, -0.2) is 0 Å². The van der Waals surface area contributed by atoms with E-state index < -0.39 is 0 Å². The van der Waals surface area contributed by atoms with Crippen LogP contribution in [0.5, 0.6) is 0 Å². The Morgan fingerprint density at radius 2 is 1.67 bits per heavy atom. The minimum atomic E-state index is 0.188. The molecule has 0 aliphatic rings. The van der Waals surface area contributed by atoms with E-state index in [2.05, 4.69) is 46.8 Å². The van der Waals surface area contributed by atoms with Crippen molar-refractivity contribution in [3.63, 3.8) is 0 Å². The van der Waals surface area contributed by atoms with Gasteiger partial charge in [0.2, 0.25) is 0 Å².